The van der Waals surface area contributed by atoms with Gasteiger partial charge in [0.05, 0.1) is 0 Å². The van der Waals surface area contributed by atoms with Crippen LogP contribution in [0.1, 0.15) is 33.1 Å². The molecule has 0 heterocycles. The Morgan fingerprint density at radius 3 is 2.56 bits per heavy atom. The Morgan fingerprint density at radius 2 is 2.22 bits per heavy atom. The fourth-order valence-corrected chi connectivity index (χ4v) is 0.433. The van der Waals surface area contributed by atoms with Crippen LogP contribution in [-0.2, 0) is 0 Å². The van der Waals surface area contributed by atoms with Crippen molar-refractivity contribution in [1.82, 2.24) is 0 Å². The van der Waals surface area contributed by atoms with E-state index in [4.69, 9.17) is 1.41 Å². The maximum atomic E-state index is 6.58. The monoisotopic (exact) mass is 149 g/mol. The molecule has 0 bridgehead atoms. The first kappa shape index (κ1) is 9.02. The summed E-state index contributed by atoms with van der Waals surface area (Å²) in [6, 6.07) is 0. The summed E-state index contributed by atoms with van der Waals surface area (Å²) >= 11 is 3.53. The Morgan fingerprint density at radius 1 is 1.67 bits per heavy atom. The molecule has 0 rings (SSSR count). The van der Waals surface area contributed by atoms with E-state index in [9.17, 15) is 0 Å². The number of unbranched alkanes of at least 4 members (excludes halogenated alkanes) is 1. The van der Waals surface area contributed by atoms with Crippen molar-refractivity contribution in [3.8, 4) is 0 Å². The molecule has 56 valence electrons. The van der Waals surface area contributed by atoms with Gasteiger partial charge in [0.1, 0.15) is 0 Å². The van der Waals surface area contributed by atoms with Crippen LogP contribution in [0.25, 0.3) is 0 Å². The minimum atomic E-state index is 0.937. The average molecular weight is 149 g/mol. The van der Waals surface area contributed by atoms with E-state index >= 15 is 0 Å². The minimum Gasteiger partial charge on any atom is -0.310 e. The van der Waals surface area contributed by atoms with E-state index in [1.165, 1.54) is 6.42 Å². The molecule has 0 atom stereocenters. The number of thiol groups is 1. The lowest BCUT2D eigenvalue weighted by molar-refractivity contribution is 0.830. The molecule has 0 aliphatic heterocycles. The van der Waals surface area contributed by atoms with Gasteiger partial charge in [-0.1, -0.05) is 13.3 Å². The first-order valence-electron chi connectivity index (χ1n) is 3.68. The van der Waals surface area contributed by atoms with Crippen molar-refractivity contribution in [2.24, 2.45) is 0 Å². The second-order valence-corrected chi connectivity index (χ2v) is 1.84. The van der Waals surface area contributed by atoms with Gasteiger partial charge in [-0.2, -0.15) is 12.6 Å². The summed E-state index contributed by atoms with van der Waals surface area (Å²) < 4.78 is 6.58. The molecular formula is C7H17NS. The lowest BCUT2D eigenvalue weighted by atomic mass is 10.2. The van der Waals surface area contributed by atoms with Crippen LogP contribution >= 0.6 is 12.6 Å². The van der Waals surface area contributed by atoms with Crippen LogP contribution in [0.15, 0.2) is 0 Å². The van der Waals surface area contributed by atoms with Crippen LogP contribution in [0.2, 0.25) is 1.41 Å². The summed E-state index contributed by atoms with van der Waals surface area (Å²) in [4.78, 5) is 0. The van der Waals surface area contributed by atoms with E-state index in [2.05, 4.69) is 25.0 Å². The Kier molecular flexibility index (Phi) is 10.9. The van der Waals surface area contributed by atoms with Crippen LogP contribution in [-0.4, -0.2) is 12.0 Å². The predicted molar refractivity (Wildman–Crippen MR) is 47.8 cm³/mol. The molecule has 2 heteroatoms. The van der Waals surface area contributed by atoms with Crippen LogP contribution in [0.3, 0.4) is 0 Å². The molecule has 0 aromatic rings. The molecule has 0 saturated heterocycles. The smallest absolute Gasteiger partial charge is 0.187 e. The summed E-state index contributed by atoms with van der Waals surface area (Å²) in [5.41, 5.74) is 0.937. The van der Waals surface area contributed by atoms with Gasteiger partial charge in [-0.15, -0.1) is 0 Å². The third kappa shape index (κ3) is 18.0. The Hall–Kier alpha value is 0.0200. The van der Waals surface area contributed by atoms with Crippen molar-refractivity contribution >= 4 is 18.3 Å². The summed E-state index contributed by atoms with van der Waals surface area (Å²) in [5, 5.41) is 3.29. The van der Waals surface area contributed by atoms with Gasteiger partial charge >= 0.3 is 0 Å². The summed E-state index contributed by atoms with van der Waals surface area (Å²) in [7, 11) is 0. The van der Waals surface area contributed by atoms with Gasteiger partial charge in [-0.25, -0.2) is 0 Å². The van der Waals surface area contributed by atoms with E-state index in [1.807, 2.05) is 6.92 Å². The fraction of sp³-hybridized carbons (Fsp3) is 0.857. The second-order valence-electron chi connectivity index (χ2n) is 1.84. The molecule has 0 aromatic carbocycles. The van der Waals surface area contributed by atoms with Crippen molar-refractivity contribution < 1.29 is 1.41 Å². The molecule has 1 N–H and O–H groups in total. The Balaban J connectivity index is 0. The Labute approximate surface area is 65.2 Å². The molecule has 0 spiro atoms. The van der Waals surface area contributed by atoms with Gasteiger partial charge in [-0.05, 0) is 26.0 Å². The minimum absolute atomic E-state index is 0.937. The molecular weight excluding hydrogens is 130 g/mol. The van der Waals surface area contributed by atoms with Crippen molar-refractivity contribution in [2.75, 3.05) is 6.26 Å². The zero-order valence-electron chi connectivity index (χ0n) is 7.52. The normalized spacial score (nSPS) is 11.6. The highest BCUT2D eigenvalue weighted by Crippen LogP contribution is 1.93. The lowest BCUT2D eigenvalue weighted by Gasteiger charge is -1.90. The fourth-order valence-electron chi connectivity index (χ4n) is 0.433. The second kappa shape index (κ2) is 10.9. The number of nitrogens with one attached hydrogen (secondary N) is 1. The highest BCUT2D eigenvalue weighted by molar-refractivity contribution is 7.79. The van der Waals surface area contributed by atoms with Crippen molar-refractivity contribution in [1.29, 1.82) is 5.40 Å². The zero-order valence-corrected chi connectivity index (χ0v) is 7.41. The summed E-state index contributed by atoms with van der Waals surface area (Å²) in [5.74, 6) is 0. The molecule has 1 nitrogen and oxygen atoms in total. The molecule has 0 amide bonds. The van der Waals surface area contributed by atoms with E-state index < -0.39 is 0 Å². The molecule has 0 aliphatic carbocycles. The average Bonchev–Trinajstić information content (AvgIpc) is 2.04. The molecule has 0 radical (unpaired) electrons. The third-order valence-corrected chi connectivity index (χ3v) is 0.892. The third-order valence-electron chi connectivity index (χ3n) is 0.892. The molecule has 0 unspecified atom stereocenters. The van der Waals surface area contributed by atoms with Crippen molar-refractivity contribution in [2.45, 2.75) is 33.1 Å². The van der Waals surface area contributed by atoms with Crippen LogP contribution in [0.5, 0.6) is 0 Å². The van der Waals surface area contributed by atoms with Gasteiger partial charge in [0.15, 0.2) is 1.41 Å². The van der Waals surface area contributed by atoms with E-state index in [1.54, 1.807) is 6.26 Å². The maximum absolute atomic E-state index is 6.58. The summed E-state index contributed by atoms with van der Waals surface area (Å²) in [6.45, 7) is 4.03. The Bertz CT molecular complexity index is 83.7. The SMILES string of the molecule is CS.[3H]N=C(C)CCCC. The first-order chi connectivity index (χ1) is 4.81. The van der Waals surface area contributed by atoms with E-state index in [0.29, 0.717) is 0 Å². The van der Waals surface area contributed by atoms with Gasteiger partial charge in [-0.3, -0.25) is 0 Å². The number of hydrogen-bond donors (Lipinski definition) is 2. The van der Waals surface area contributed by atoms with E-state index in [-0.39, 0.29) is 0 Å². The van der Waals surface area contributed by atoms with Gasteiger partial charge in [0.25, 0.3) is 0 Å². The molecule has 0 fully saturated rings. The van der Waals surface area contributed by atoms with Gasteiger partial charge in [0.2, 0.25) is 0 Å². The van der Waals surface area contributed by atoms with Crippen LogP contribution in [0, 0.1) is 5.40 Å². The maximum Gasteiger partial charge on any atom is 0.187 e. The standard InChI is InChI=1S/C6H13N.CH4S/c1-3-4-5-6(2)7;1-2/h7H,3-5H2,1-2H3;2H,1H3/i/hT. The van der Waals surface area contributed by atoms with Crippen LogP contribution < -0.4 is 0 Å². The zero-order chi connectivity index (χ0) is 8.41. The van der Waals surface area contributed by atoms with Crippen molar-refractivity contribution in [3.63, 3.8) is 0 Å². The first-order valence-corrected chi connectivity index (χ1v) is 4.13. The predicted octanol–water partition coefficient (Wildman–Crippen LogP) is 2.76. The molecule has 0 aliphatic rings. The molecule has 0 aromatic heterocycles. The molecule has 0 saturated carbocycles. The number of rotatable bonds is 3. The topological polar surface area (TPSA) is 23.9 Å². The van der Waals surface area contributed by atoms with Crippen LogP contribution in [0.4, 0.5) is 0 Å². The highest BCUT2D eigenvalue weighted by Gasteiger charge is 1.83. The quantitative estimate of drug-likeness (QED) is 0.455. The van der Waals surface area contributed by atoms with Gasteiger partial charge < -0.3 is 5.40 Å². The summed E-state index contributed by atoms with van der Waals surface area (Å²) in [6.07, 6.45) is 5.03. The highest BCUT2D eigenvalue weighted by atomic mass is 32.1. The number of hydrogen-bond acceptors (Lipinski definition) is 2. The van der Waals surface area contributed by atoms with Crippen molar-refractivity contribution in [3.05, 3.63) is 0 Å². The van der Waals surface area contributed by atoms with Gasteiger partial charge in [0, 0.05) is 5.71 Å². The largest absolute Gasteiger partial charge is 0.310 e. The van der Waals surface area contributed by atoms with E-state index in [0.717, 1.165) is 18.6 Å². The molecule has 9 heavy (non-hydrogen) atoms. The lowest BCUT2D eigenvalue weighted by Crippen LogP contribution is -1.85.